The fraction of sp³-hybridized carbons (Fsp3) is 0.389. The quantitative estimate of drug-likeness (QED) is 0.562. The number of nitrogens with one attached hydrogen (secondary N) is 1. The lowest BCUT2D eigenvalue weighted by molar-refractivity contribution is -0.113. The standard InChI is InChI=1S/C18H21N3O4S/c1-25-15-8-3-2-6-13(15)19-16(23)11-26-17-12-5-4-7-14(12)21(9-10-22)18(24)20-17/h2-3,6,8,22H,4-5,7,9-11H2,1H3,(H,19,23). The lowest BCUT2D eigenvalue weighted by atomic mass is 10.2. The van der Waals surface area contributed by atoms with Crippen molar-refractivity contribution in [1.29, 1.82) is 0 Å². The van der Waals surface area contributed by atoms with Gasteiger partial charge in [-0.15, -0.1) is 0 Å². The zero-order valence-electron chi connectivity index (χ0n) is 14.5. The highest BCUT2D eigenvalue weighted by Gasteiger charge is 2.22. The number of amides is 1. The van der Waals surface area contributed by atoms with Crippen molar-refractivity contribution in [2.24, 2.45) is 0 Å². The van der Waals surface area contributed by atoms with E-state index in [0.717, 1.165) is 30.5 Å². The molecule has 26 heavy (non-hydrogen) atoms. The van der Waals surface area contributed by atoms with Gasteiger partial charge in [0.15, 0.2) is 0 Å². The molecule has 138 valence electrons. The number of methoxy groups -OCH3 is 1. The van der Waals surface area contributed by atoms with Gasteiger partial charge < -0.3 is 15.2 Å². The van der Waals surface area contributed by atoms with Crippen molar-refractivity contribution in [2.75, 3.05) is 24.8 Å². The Hall–Kier alpha value is -2.32. The molecule has 0 fully saturated rings. The molecule has 0 saturated heterocycles. The molecule has 7 nitrogen and oxygen atoms in total. The first kappa shape index (κ1) is 18.5. The number of fused-ring (bicyclic) bond motifs is 1. The number of benzene rings is 1. The first-order valence-corrected chi connectivity index (χ1v) is 9.41. The summed E-state index contributed by atoms with van der Waals surface area (Å²) in [6.07, 6.45) is 2.59. The molecule has 0 atom stereocenters. The minimum Gasteiger partial charge on any atom is -0.495 e. The largest absolute Gasteiger partial charge is 0.495 e. The van der Waals surface area contributed by atoms with E-state index in [2.05, 4.69) is 10.3 Å². The number of para-hydroxylation sites is 2. The molecule has 0 radical (unpaired) electrons. The zero-order chi connectivity index (χ0) is 18.5. The lowest BCUT2D eigenvalue weighted by Crippen LogP contribution is -2.28. The van der Waals surface area contributed by atoms with Crippen molar-refractivity contribution in [1.82, 2.24) is 9.55 Å². The Labute approximate surface area is 155 Å². The van der Waals surface area contributed by atoms with Crippen LogP contribution in [0.4, 0.5) is 5.69 Å². The maximum Gasteiger partial charge on any atom is 0.348 e. The van der Waals surface area contributed by atoms with Gasteiger partial charge in [-0.25, -0.2) is 4.79 Å². The van der Waals surface area contributed by atoms with Crippen LogP contribution >= 0.6 is 11.8 Å². The number of hydrogen-bond acceptors (Lipinski definition) is 6. The highest BCUT2D eigenvalue weighted by atomic mass is 32.2. The molecule has 0 bridgehead atoms. The van der Waals surface area contributed by atoms with Crippen molar-refractivity contribution >= 4 is 23.4 Å². The van der Waals surface area contributed by atoms with Gasteiger partial charge >= 0.3 is 5.69 Å². The Morgan fingerprint density at radius 2 is 2.19 bits per heavy atom. The smallest absolute Gasteiger partial charge is 0.348 e. The molecule has 3 rings (SSSR count). The number of ether oxygens (including phenoxy) is 1. The molecular weight excluding hydrogens is 354 g/mol. The number of carbonyl (C=O) groups excluding carboxylic acids is 1. The van der Waals surface area contributed by atoms with E-state index in [0.29, 0.717) is 16.5 Å². The molecular formula is C18H21N3O4S. The summed E-state index contributed by atoms with van der Waals surface area (Å²) in [5.74, 6) is 0.560. The molecule has 1 heterocycles. The summed E-state index contributed by atoms with van der Waals surface area (Å²) >= 11 is 1.27. The van der Waals surface area contributed by atoms with Crippen LogP contribution in [0.1, 0.15) is 17.7 Å². The number of aliphatic hydroxyl groups excluding tert-OH is 1. The predicted molar refractivity (Wildman–Crippen MR) is 100.0 cm³/mol. The fourth-order valence-electron chi connectivity index (χ4n) is 3.10. The van der Waals surface area contributed by atoms with Gasteiger partial charge in [0.05, 0.1) is 31.7 Å². The Morgan fingerprint density at radius 3 is 2.96 bits per heavy atom. The van der Waals surface area contributed by atoms with Gasteiger partial charge in [-0.05, 0) is 31.4 Å². The van der Waals surface area contributed by atoms with E-state index < -0.39 is 0 Å². The van der Waals surface area contributed by atoms with Gasteiger partial charge in [0.2, 0.25) is 5.91 Å². The third-order valence-corrected chi connectivity index (χ3v) is 5.26. The van der Waals surface area contributed by atoms with Crippen LogP contribution in [0.2, 0.25) is 0 Å². The molecule has 0 spiro atoms. The number of hydrogen-bond donors (Lipinski definition) is 2. The third kappa shape index (κ3) is 3.91. The molecule has 2 aromatic rings. The van der Waals surface area contributed by atoms with Crippen LogP contribution in [0.3, 0.4) is 0 Å². The summed E-state index contributed by atoms with van der Waals surface area (Å²) < 4.78 is 6.77. The fourth-order valence-corrected chi connectivity index (χ4v) is 3.98. The number of carbonyl (C=O) groups is 1. The molecule has 1 amide bonds. The van der Waals surface area contributed by atoms with Crippen LogP contribution < -0.4 is 15.7 Å². The summed E-state index contributed by atoms with van der Waals surface area (Å²) in [5.41, 5.74) is 2.20. The Morgan fingerprint density at radius 1 is 1.38 bits per heavy atom. The maximum absolute atomic E-state index is 12.3. The maximum atomic E-state index is 12.3. The molecule has 0 unspecified atom stereocenters. The molecule has 2 N–H and O–H groups in total. The second-order valence-corrected chi connectivity index (χ2v) is 6.85. The first-order chi connectivity index (χ1) is 12.6. The predicted octanol–water partition coefficient (Wildman–Crippen LogP) is 1.46. The molecule has 8 heteroatoms. The van der Waals surface area contributed by atoms with Crippen LogP contribution in [0.15, 0.2) is 34.1 Å². The molecule has 1 aromatic heterocycles. The van der Waals surface area contributed by atoms with Crippen LogP contribution in [-0.4, -0.2) is 40.0 Å². The van der Waals surface area contributed by atoms with E-state index in [-0.39, 0.29) is 30.5 Å². The number of anilines is 1. The molecule has 1 aliphatic rings. The average Bonchev–Trinajstić information content (AvgIpc) is 3.13. The van der Waals surface area contributed by atoms with E-state index in [4.69, 9.17) is 9.84 Å². The highest BCUT2D eigenvalue weighted by molar-refractivity contribution is 8.00. The number of aromatic nitrogens is 2. The molecule has 0 saturated carbocycles. The minimum atomic E-state index is -0.368. The second-order valence-electron chi connectivity index (χ2n) is 5.89. The van der Waals surface area contributed by atoms with E-state index in [9.17, 15) is 9.59 Å². The van der Waals surface area contributed by atoms with Crippen LogP contribution in [0.25, 0.3) is 0 Å². The Kier molecular flexibility index (Phi) is 5.95. The zero-order valence-corrected chi connectivity index (χ0v) is 15.3. The van der Waals surface area contributed by atoms with Gasteiger partial charge in [-0.2, -0.15) is 4.98 Å². The lowest BCUT2D eigenvalue weighted by Gasteiger charge is -2.13. The molecule has 0 aliphatic heterocycles. The van der Waals surface area contributed by atoms with E-state index in [1.54, 1.807) is 23.8 Å². The Balaban J connectivity index is 1.72. The van der Waals surface area contributed by atoms with Crippen LogP contribution in [-0.2, 0) is 24.2 Å². The highest BCUT2D eigenvalue weighted by Crippen LogP contribution is 2.29. The van der Waals surface area contributed by atoms with E-state index >= 15 is 0 Å². The average molecular weight is 375 g/mol. The normalized spacial score (nSPS) is 12.7. The summed E-state index contributed by atoms with van der Waals surface area (Å²) in [6, 6.07) is 7.20. The van der Waals surface area contributed by atoms with Gasteiger partial charge in [0, 0.05) is 11.3 Å². The first-order valence-electron chi connectivity index (χ1n) is 8.43. The van der Waals surface area contributed by atoms with Gasteiger partial charge in [0.1, 0.15) is 10.8 Å². The van der Waals surface area contributed by atoms with Crippen molar-refractivity contribution in [3.8, 4) is 5.75 Å². The third-order valence-electron chi connectivity index (χ3n) is 4.25. The summed E-state index contributed by atoms with van der Waals surface area (Å²) in [6.45, 7) is 0.162. The number of rotatable bonds is 7. The van der Waals surface area contributed by atoms with E-state index in [1.807, 2.05) is 12.1 Å². The van der Waals surface area contributed by atoms with Crippen molar-refractivity contribution in [3.05, 3.63) is 46.0 Å². The number of aliphatic hydroxyl groups is 1. The Bertz CT molecular complexity index is 866. The van der Waals surface area contributed by atoms with Gasteiger partial charge in [0.25, 0.3) is 0 Å². The van der Waals surface area contributed by atoms with Crippen molar-refractivity contribution in [3.63, 3.8) is 0 Å². The van der Waals surface area contributed by atoms with Crippen LogP contribution in [0.5, 0.6) is 5.75 Å². The summed E-state index contributed by atoms with van der Waals surface area (Å²) in [7, 11) is 1.55. The number of nitrogens with zero attached hydrogens (tertiary/aromatic N) is 2. The second kappa shape index (κ2) is 8.37. The SMILES string of the molecule is COc1ccccc1NC(=O)CSc1nc(=O)n(CCO)c2c1CCC2. The summed E-state index contributed by atoms with van der Waals surface area (Å²) in [5, 5.41) is 12.6. The summed E-state index contributed by atoms with van der Waals surface area (Å²) in [4.78, 5) is 28.6. The van der Waals surface area contributed by atoms with Crippen molar-refractivity contribution < 1.29 is 14.6 Å². The topological polar surface area (TPSA) is 93.5 Å². The minimum absolute atomic E-state index is 0.0954. The van der Waals surface area contributed by atoms with Crippen LogP contribution in [0, 0.1) is 0 Å². The van der Waals surface area contributed by atoms with Gasteiger partial charge in [-0.3, -0.25) is 9.36 Å². The van der Waals surface area contributed by atoms with Gasteiger partial charge in [-0.1, -0.05) is 23.9 Å². The number of thioether (sulfide) groups is 1. The molecule has 1 aliphatic carbocycles. The van der Waals surface area contributed by atoms with Crippen molar-refractivity contribution in [2.45, 2.75) is 30.8 Å². The molecule has 1 aromatic carbocycles. The van der Waals surface area contributed by atoms with E-state index in [1.165, 1.54) is 11.8 Å². The monoisotopic (exact) mass is 375 g/mol.